The van der Waals surface area contributed by atoms with Gasteiger partial charge in [0.25, 0.3) is 5.91 Å². The molecule has 24 heavy (non-hydrogen) atoms. The van der Waals surface area contributed by atoms with Crippen LogP contribution in [-0.4, -0.2) is 31.8 Å². The number of quaternary nitrogens is 1. The van der Waals surface area contributed by atoms with Crippen LogP contribution in [0.3, 0.4) is 0 Å². The Morgan fingerprint density at radius 2 is 1.96 bits per heavy atom. The monoisotopic (exact) mass is 331 g/mol. The molecule has 0 bridgehead atoms. The number of fused-ring (bicyclic) bond motifs is 2. The van der Waals surface area contributed by atoms with Crippen molar-refractivity contribution in [3.8, 4) is 11.5 Å². The molecule has 2 heterocycles. The fourth-order valence-corrected chi connectivity index (χ4v) is 4.61. The van der Waals surface area contributed by atoms with Crippen LogP contribution in [-0.2, 0) is 11.3 Å². The molecule has 4 rings (SSSR count). The van der Waals surface area contributed by atoms with E-state index in [-0.39, 0.29) is 12.7 Å². The predicted octanol–water partition coefficient (Wildman–Crippen LogP) is 1.27. The van der Waals surface area contributed by atoms with Gasteiger partial charge in [0.2, 0.25) is 6.79 Å². The molecular weight excluding hydrogens is 304 g/mol. The maximum absolute atomic E-state index is 12.4. The van der Waals surface area contributed by atoms with Crippen molar-refractivity contribution in [3.63, 3.8) is 0 Å². The second kappa shape index (κ2) is 7.01. The molecule has 2 fully saturated rings. The Balaban J connectivity index is 1.30. The third-order valence-electron chi connectivity index (χ3n) is 5.82. The summed E-state index contributed by atoms with van der Waals surface area (Å²) in [5, 5.41) is 3.08. The zero-order chi connectivity index (χ0) is 16.4. The fourth-order valence-electron chi connectivity index (χ4n) is 4.61. The minimum Gasteiger partial charge on any atom is -0.454 e. The van der Waals surface area contributed by atoms with Crippen LogP contribution in [0.5, 0.6) is 11.5 Å². The van der Waals surface area contributed by atoms with Gasteiger partial charge in [-0.25, -0.2) is 0 Å². The molecule has 1 amide bonds. The highest BCUT2D eigenvalue weighted by Crippen LogP contribution is 2.32. The van der Waals surface area contributed by atoms with E-state index < -0.39 is 0 Å². The van der Waals surface area contributed by atoms with E-state index in [2.05, 4.69) is 5.32 Å². The number of carbonyl (C=O) groups excluding carboxylic acids is 1. The third-order valence-corrected chi connectivity index (χ3v) is 5.82. The Kier molecular flexibility index (Phi) is 4.60. The summed E-state index contributed by atoms with van der Waals surface area (Å²) in [4.78, 5) is 13.9. The van der Waals surface area contributed by atoms with E-state index >= 15 is 0 Å². The number of benzene rings is 1. The van der Waals surface area contributed by atoms with E-state index in [1.807, 2.05) is 18.2 Å². The predicted molar refractivity (Wildman–Crippen MR) is 90.1 cm³/mol. The van der Waals surface area contributed by atoms with Gasteiger partial charge in [-0.2, -0.15) is 0 Å². The second-order valence-corrected chi connectivity index (χ2v) is 7.34. The summed E-state index contributed by atoms with van der Waals surface area (Å²) in [7, 11) is 0. The van der Waals surface area contributed by atoms with Crippen molar-refractivity contribution in [1.82, 2.24) is 5.32 Å². The number of ether oxygens (including phenoxy) is 2. The third kappa shape index (κ3) is 3.36. The zero-order valence-electron chi connectivity index (χ0n) is 14.2. The topological polar surface area (TPSA) is 52.0 Å². The maximum atomic E-state index is 12.4. The van der Waals surface area contributed by atoms with Crippen LogP contribution in [0, 0.1) is 5.92 Å². The van der Waals surface area contributed by atoms with E-state index in [1.165, 1.54) is 43.4 Å². The lowest BCUT2D eigenvalue weighted by molar-refractivity contribution is -0.928. The van der Waals surface area contributed by atoms with Gasteiger partial charge in [0.05, 0.1) is 12.6 Å². The Morgan fingerprint density at radius 3 is 2.92 bits per heavy atom. The van der Waals surface area contributed by atoms with E-state index in [0.29, 0.717) is 19.1 Å². The normalized spacial score (nSPS) is 28.2. The van der Waals surface area contributed by atoms with Crippen LogP contribution in [0.15, 0.2) is 18.2 Å². The summed E-state index contributed by atoms with van der Waals surface area (Å²) < 4.78 is 10.7. The van der Waals surface area contributed by atoms with Crippen molar-refractivity contribution in [3.05, 3.63) is 23.8 Å². The highest BCUT2D eigenvalue weighted by molar-refractivity contribution is 5.76. The summed E-state index contributed by atoms with van der Waals surface area (Å²) >= 11 is 0. The molecule has 0 aromatic heterocycles. The van der Waals surface area contributed by atoms with E-state index in [0.717, 1.165) is 29.5 Å². The lowest BCUT2D eigenvalue weighted by atomic mass is 9.78. The van der Waals surface area contributed by atoms with Crippen LogP contribution in [0.4, 0.5) is 0 Å². The number of piperidine rings is 1. The Bertz CT molecular complexity index is 602. The first-order valence-electron chi connectivity index (χ1n) is 9.29. The van der Waals surface area contributed by atoms with Gasteiger partial charge in [0, 0.05) is 12.5 Å². The molecule has 1 saturated heterocycles. The van der Waals surface area contributed by atoms with Gasteiger partial charge in [-0.1, -0.05) is 12.5 Å². The molecular formula is C19H27N2O3+. The van der Waals surface area contributed by atoms with Gasteiger partial charge in [0.15, 0.2) is 18.0 Å². The summed E-state index contributed by atoms with van der Waals surface area (Å²) in [5.41, 5.74) is 1.05. The van der Waals surface area contributed by atoms with Crippen molar-refractivity contribution in [1.29, 1.82) is 0 Å². The van der Waals surface area contributed by atoms with Crippen LogP contribution in [0.25, 0.3) is 0 Å². The molecule has 5 heteroatoms. The standard InChI is InChI=1S/C19H26N2O3/c22-19(12-21-9-3-5-15-4-1-2-6-16(15)21)20-11-14-7-8-17-18(10-14)24-13-23-17/h7-8,10,15-16H,1-6,9,11-13H2,(H,20,22)/p+1/t15-,16-/m0/s1. The van der Waals surface area contributed by atoms with Gasteiger partial charge >= 0.3 is 0 Å². The molecule has 5 nitrogen and oxygen atoms in total. The van der Waals surface area contributed by atoms with Crippen molar-refractivity contribution < 1.29 is 19.2 Å². The van der Waals surface area contributed by atoms with Crippen molar-refractivity contribution in [2.24, 2.45) is 5.92 Å². The molecule has 1 aromatic rings. The molecule has 0 spiro atoms. The maximum Gasteiger partial charge on any atom is 0.275 e. The Hall–Kier alpha value is -1.75. The number of hydrogen-bond acceptors (Lipinski definition) is 3. The molecule has 3 atom stereocenters. The highest BCUT2D eigenvalue weighted by atomic mass is 16.7. The summed E-state index contributed by atoms with van der Waals surface area (Å²) in [6.45, 7) is 2.60. The highest BCUT2D eigenvalue weighted by Gasteiger charge is 2.37. The number of hydrogen-bond donors (Lipinski definition) is 2. The van der Waals surface area contributed by atoms with Crippen molar-refractivity contribution in [2.45, 2.75) is 51.1 Å². The van der Waals surface area contributed by atoms with Gasteiger partial charge in [-0.3, -0.25) is 4.79 Å². The molecule has 2 aliphatic heterocycles. The molecule has 1 saturated carbocycles. The second-order valence-electron chi connectivity index (χ2n) is 7.34. The first-order chi connectivity index (χ1) is 11.8. The quantitative estimate of drug-likeness (QED) is 0.874. The zero-order valence-corrected chi connectivity index (χ0v) is 14.2. The van der Waals surface area contributed by atoms with Gasteiger partial charge in [-0.15, -0.1) is 0 Å². The Labute approximate surface area is 143 Å². The first-order valence-corrected chi connectivity index (χ1v) is 9.29. The van der Waals surface area contributed by atoms with E-state index in [4.69, 9.17) is 9.47 Å². The SMILES string of the molecule is O=C(C[NH+]1CCC[C@@H]2CCCC[C@@H]21)NCc1ccc2c(c1)OCO2. The first kappa shape index (κ1) is 15.8. The molecule has 1 aliphatic carbocycles. The van der Waals surface area contributed by atoms with Crippen LogP contribution in [0.2, 0.25) is 0 Å². The summed E-state index contributed by atoms with van der Waals surface area (Å²) in [5.74, 6) is 2.57. The van der Waals surface area contributed by atoms with Crippen LogP contribution >= 0.6 is 0 Å². The molecule has 1 aromatic carbocycles. The lowest BCUT2D eigenvalue weighted by Gasteiger charge is -2.40. The van der Waals surface area contributed by atoms with E-state index in [1.54, 1.807) is 0 Å². The average molecular weight is 331 g/mol. The van der Waals surface area contributed by atoms with Crippen molar-refractivity contribution >= 4 is 5.91 Å². The molecule has 0 radical (unpaired) electrons. The summed E-state index contributed by atoms with van der Waals surface area (Å²) in [6.07, 6.45) is 8.02. The van der Waals surface area contributed by atoms with Gasteiger partial charge in [0.1, 0.15) is 0 Å². The van der Waals surface area contributed by atoms with Crippen molar-refractivity contribution in [2.75, 3.05) is 19.9 Å². The number of likely N-dealkylation sites (tertiary alicyclic amines) is 1. The minimum atomic E-state index is 0.161. The smallest absolute Gasteiger partial charge is 0.275 e. The number of amides is 1. The minimum absolute atomic E-state index is 0.161. The van der Waals surface area contributed by atoms with Gasteiger partial charge < -0.3 is 19.7 Å². The molecule has 2 N–H and O–H groups in total. The Morgan fingerprint density at radius 1 is 1.12 bits per heavy atom. The van der Waals surface area contributed by atoms with Gasteiger partial charge in [-0.05, 0) is 49.8 Å². The molecule has 1 unspecified atom stereocenters. The average Bonchev–Trinajstić information content (AvgIpc) is 3.08. The lowest BCUT2D eigenvalue weighted by Crippen LogP contribution is -3.18. The fraction of sp³-hybridized carbons (Fsp3) is 0.632. The largest absolute Gasteiger partial charge is 0.454 e. The number of carbonyl (C=O) groups is 1. The molecule has 130 valence electrons. The van der Waals surface area contributed by atoms with E-state index in [9.17, 15) is 4.79 Å². The number of nitrogens with one attached hydrogen (secondary N) is 2. The summed E-state index contributed by atoms with van der Waals surface area (Å²) in [6, 6.07) is 6.56. The van der Waals surface area contributed by atoms with Crippen LogP contribution in [0.1, 0.15) is 44.1 Å². The number of rotatable bonds is 4. The van der Waals surface area contributed by atoms with Crippen LogP contribution < -0.4 is 19.7 Å². The molecule has 3 aliphatic rings.